The van der Waals surface area contributed by atoms with Crippen LogP contribution in [0.4, 0.5) is 4.39 Å². The predicted octanol–water partition coefficient (Wildman–Crippen LogP) is 2.40. The highest BCUT2D eigenvalue weighted by Gasteiger charge is 2.15. The van der Waals surface area contributed by atoms with Crippen LogP contribution in [-0.2, 0) is 0 Å². The lowest BCUT2D eigenvalue weighted by Crippen LogP contribution is -2.36. The molecular formula is C12H16FNO2S. The monoisotopic (exact) mass is 257 g/mol. The van der Waals surface area contributed by atoms with Crippen LogP contribution in [0.15, 0.2) is 18.2 Å². The third-order valence-electron chi connectivity index (χ3n) is 2.39. The van der Waals surface area contributed by atoms with E-state index in [4.69, 9.17) is 5.11 Å². The maximum absolute atomic E-state index is 13.4. The molecule has 94 valence electrons. The van der Waals surface area contributed by atoms with E-state index in [1.807, 2.05) is 13.2 Å². The molecule has 0 radical (unpaired) electrons. The number of benzene rings is 1. The molecule has 0 bridgehead atoms. The minimum atomic E-state index is -0.707. The van der Waals surface area contributed by atoms with Crippen molar-refractivity contribution in [2.45, 2.75) is 19.4 Å². The number of hydrogen-bond donors (Lipinski definition) is 2. The van der Waals surface area contributed by atoms with Crippen molar-refractivity contribution >= 4 is 17.7 Å². The quantitative estimate of drug-likeness (QED) is 0.851. The summed E-state index contributed by atoms with van der Waals surface area (Å²) in [5.41, 5.74) is -0.0395. The van der Waals surface area contributed by atoms with Gasteiger partial charge >= 0.3 is 0 Å². The van der Waals surface area contributed by atoms with Crippen LogP contribution >= 0.6 is 11.8 Å². The normalized spacial score (nSPS) is 12.2. The lowest BCUT2D eigenvalue weighted by molar-refractivity contribution is 0.0936. The Balaban J connectivity index is 2.75. The van der Waals surface area contributed by atoms with Gasteiger partial charge in [0.25, 0.3) is 5.91 Å². The Labute approximate surface area is 104 Å². The fraction of sp³-hybridized carbons (Fsp3) is 0.417. The first-order valence-electron chi connectivity index (χ1n) is 5.36. The molecule has 0 aliphatic carbocycles. The van der Waals surface area contributed by atoms with E-state index < -0.39 is 11.7 Å². The average molecular weight is 257 g/mol. The van der Waals surface area contributed by atoms with Crippen LogP contribution < -0.4 is 5.32 Å². The summed E-state index contributed by atoms with van der Waals surface area (Å²) in [4.78, 5) is 11.8. The van der Waals surface area contributed by atoms with E-state index in [2.05, 4.69) is 5.32 Å². The predicted molar refractivity (Wildman–Crippen MR) is 68.0 cm³/mol. The summed E-state index contributed by atoms with van der Waals surface area (Å²) in [5.74, 6) is -0.540. The number of amides is 1. The zero-order chi connectivity index (χ0) is 12.8. The van der Waals surface area contributed by atoms with Gasteiger partial charge in [0, 0.05) is 17.9 Å². The number of hydrogen-bond acceptors (Lipinski definition) is 3. The first-order valence-corrected chi connectivity index (χ1v) is 6.76. The van der Waals surface area contributed by atoms with Crippen LogP contribution in [0.25, 0.3) is 0 Å². The summed E-state index contributed by atoms with van der Waals surface area (Å²) in [6.45, 7) is 1.97. The standard InChI is InChI=1S/C12H16FNO2S/c1-3-8(7-17-2)14-12(16)10-5-4-9(15)6-11(10)13/h4-6,8,15H,3,7H2,1-2H3,(H,14,16). The molecule has 1 rings (SSSR count). The molecule has 0 aromatic heterocycles. The Hall–Kier alpha value is -1.23. The van der Waals surface area contributed by atoms with Crippen molar-refractivity contribution < 1.29 is 14.3 Å². The third-order valence-corrected chi connectivity index (χ3v) is 3.13. The average Bonchev–Trinajstić information content (AvgIpc) is 2.28. The minimum Gasteiger partial charge on any atom is -0.508 e. The van der Waals surface area contributed by atoms with Gasteiger partial charge in [0.15, 0.2) is 0 Å². The van der Waals surface area contributed by atoms with Crippen molar-refractivity contribution in [2.24, 2.45) is 0 Å². The second kappa shape index (κ2) is 6.49. The van der Waals surface area contributed by atoms with E-state index in [0.29, 0.717) is 0 Å². The highest BCUT2D eigenvalue weighted by molar-refractivity contribution is 7.98. The van der Waals surface area contributed by atoms with Gasteiger partial charge in [0.05, 0.1) is 5.56 Å². The highest BCUT2D eigenvalue weighted by Crippen LogP contribution is 2.15. The van der Waals surface area contributed by atoms with Gasteiger partial charge in [-0.25, -0.2) is 4.39 Å². The minimum absolute atomic E-state index is 0.0331. The molecule has 1 aromatic carbocycles. The van der Waals surface area contributed by atoms with Gasteiger partial charge in [-0.3, -0.25) is 4.79 Å². The van der Waals surface area contributed by atoms with Crippen LogP contribution in [0, 0.1) is 5.82 Å². The first-order chi connectivity index (χ1) is 8.08. The molecule has 1 aromatic rings. The molecule has 2 N–H and O–H groups in total. The molecule has 0 heterocycles. The van der Waals surface area contributed by atoms with Crippen molar-refractivity contribution in [3.63, 3.8) is 0 Å². The van der Waals surface area contributed by atoms with E-state index >= 15 is 0 Å². The van der Waals surface area contributed by atoms with Crippen LogP contribution in [-0.4, -0.2) is 29.1 Å². The van der Waals surface area contributed by atoms with Crippen molar-refractivity contribution in [2.75, 3.05) is 12.0 Å². The van der Waals surface area contributed by atoms with Crippen LogP contribution in [0.5, 0.6) is 5.75 Å². The number of thioether (sulfide) groups is 1. The smallest absolute Gasteiger partial charge is 0.254 e. The lowest BCUT2D eigenvalue weighted by atomic mass is 10.1. The molecule has 0 saturated carbocycles. The zero-order valence-electron chi connectivity index (χ0n) is 9.87. The molecule has 0 aliphatic rings. The molecule has 0 saturated heterocycles. The summed E-state index contributed by atoms with van der Waals surface area (Å²) in [7, 11) is 0. The summed E-state index contributed by atoms with van der Waals surface area (Å²) in [5, 5.41) is 11.8. The Morgan fingerprint density at radius 1 is 1.59 bits per heavy atom. The molecule has 0 spiro atoms. The molecule has 0 aliphatic heterocycles. The summed E-state index contributed by atoms with van der Waals surface area (Å²) in [6, 6.07) is 3.55. The Bertz CT molecular complexity index is 398. The van der Waals surface area contributed by atoms with Gasteiger partial charge < -0.3 is 10.4 Å². The first kappa shape index (κ1) is 13.8. The van der Waals surface area contributed by atoms with E-state index in [1.54, 1.807) is 11.8 Å². The molecule has 3 nitrogen and oxygen atoms in total. The number of carbonyl (C=O) groups is 1. The van der Waals surface area contributed by atoms with Gasteiger partial charge in [0.2, 0.25) is 0 Å². The number of halogens is 1. The maximum Gasteiger partial charge on any atom is 0.254 e. The SMILES string of the molecule is CCC(CSC)NC(=O)c1ccc(O)cc1F. The number of carbonyl (C=O) groups excluding carboxylic acids is 1. The fourth-order valence-corrected chi connectivity index (χ4v) is 2.14. The number of rotatable bonds is 5. The Morgan fingerprint density at radius 3 is 2.82 bits per heavy atom. The fourth-order valence-electron chi connectivity index (χ4n) is 1.41. The van der Waals surface area contributed by atoms with Gasteiger partial charge in [-0.1, -0.05) is 6.92 Å². The van der Waals surface area contributed by atoms with Crippen LogP contribution in [0.1, 0.15) is 23.7 Å². The summed E-state index contributed by atoms with van der Waals surface area (Å²) < 4.78 is 13.4. The van der Waals surface area contributed by atoms with Gasteiger partial charge in [-0.2, -0.15) is 11.8 Å². The van der Waals surface area contributed by atoms with Crippen molar-refractivity contribution in [1.29, 1.82) is 0 Å². The largest absolute Gasteiger partial charge is 0.508 e. The van der Waals surface area contributed by atoms with Gasteiger partial charge in [0.1, 0.15) is 11.6 Å². The number of aromatic hydroxyl groups is 1. The summed E-state index contributed by atoms with van der Waals surface area (Å²) >= 11 is 1.63. The topological polar surface area (TPSA) is 49.3 Å². The number of nitrogens with one attached hydrogen (secondary N) is 1. The maximum atomic E-state index is 13.4. The molecule has 1 atom stereocenters. The van der Waals surface area contributed by atoms with Crippen molar-refractivity contribution in [3.05, 3.63) is 29.6 Å². The molecule has 1 amide bonds. The van der Waals surface area contributed by atoms with E-state index in [0.717, 1.165) is 18.2 Å². The number of phenols is 1. The summed E-state index contributed by atoms with van der Waals surface area (Å²) in [6.07, 6.45) is 2.75. The molecular weight excluding hydrogens is 241 g/mol. The van der Waals surface area contributed by atoms with Crippen LogP contribution in [0.2, 0.25) is 0 Å². The third kappa shape index (κ3) is 3.93. The molecule has 17 heavy (non-hydrogen) atoms. The molecule has 0 fully saturated rings. The second-order valence-electron chi connectivity index (χ2n) is 3.70. The van der Waals surface area contributed by atoms with Crippen LogP contribution in [0.3, 0.4) is 0 Å². The van der Waals surface area contributed by atoms with E-state index in [-0.39, 0.29) is 17.4 Å². The molecule has 5 heteroatoms. The van der Waals surface area contributed by atoms with E-state index in [1.165, 1.54) is 12.1 Å². The Kier molecular flexibility index (Phi) is 5.28. The Morgan fingerprint density at radius 2 is 2.29 bits per heavy atom. The zero-order valence-corrected chi connectivity index (χ0v) is 10.7. The number of phenolic OH excluding ortho intramolecular Hbond substituents is 1. The second-order valence-corrected chi connectivity index (χ2v) is 4.61. The van der Waals surface area contributed by atoms with Gasteiger partial charge in [-0.15, -0.1) is 0 Å². The lowest BCUT2D eigenvalue weighted by Gasteiger charge is -2.15. The van der Waals surface area contributed by atoms with Crippen molar-refractivity contribution in [1.82, 2.24) is 5.32 Å². The van der Waals surface area contributed by atoms with E-state index in [9.17, 15) is 9.18 Å². The molecule has 1 unspecified atom stereocenters. The highest BCUT2D eigenvalue weighted by atomic mass is 32.2. The van der Waals surface area contributed by atoms with Crippen molar-refractivity contribution in [3.8, 4) is 5.75 Å². The van der Waals surface area contributed by atoms with Gasteiger partial charge in [-0.05, 0) is 24.8 Å².